The molecule has 3 aromatic rings. The van der Waals surface area contributed by atoms with Crippen molar-refractivity contribution in [3.8, 4) is 11.4 Å². The normalized spacial score (nSPS) is 11.3. The minimum absolute atomic E-state index is 1.04. The van der Waals surface area contributed by atoms with E-state index in [4.69, 9.17) is 4.98 Å². The Morgan fingerprint density at radius 2 is 1.52 bits per heavy atom. The largest absolute Gasteiger partial charge is 0.324 e. The molecule has 0 aliphatic carbocycles. The Labute approximate surface area is 172 Å². The van der Waals surface area contributed by atoms with Gasteiger partial charge in [0.2, 0.25) is 0 Å². The molecule has 0 N–H and O–H groups in total. The van der Waals surface area contributed by atoms with Gasteiger partial charge in [0, 0.05) is 16.6 Å². The van der Waals surface area contributed by atoms with Gasteiger partial charge >= 0.3 is 0 Å². The van der Waals surface area contributed by atoms with E-state index in [1.54, 1.807) is 0 Å². The van der Waals surface area contributed by atoms with Crippen LogP contribution in [-0.4, -0.2) is 9.55 Å². The molecule has 0 unspecified atom stereocenters. The summed E-state index contributed by atoms with van der Waals surface area (Å²) < 4.78 is 3.50. The Hall–Kier alpha value is -1.61. The van der Waals surface area contributed by atoms with E-state index in [9.17, 15) is 0 Å². The highest BCUT2D eigenvalue weighted by atomic mass is 79.9. The molecule has 0 atom stereocenters. The van der Waals surface area contributed by atoms with Gasteiger partial charge in [-0.15, -0.1) is 0 Å². The molecule has 0 aliphatic rings. The smallest absolute Gasteiger partial charge is 0.141 e. The molecule has 2 aromatic carbocycles. The second-order valence-corrected chi connectivity index (χ2v) is 8.33. The van der Waals surface area contributed by atoms with Crippen LogP contribution in [-0.2, 0) is 6.54 Å². The second-order valence-electron chi connectivity index (χ2n) is 7.41. The molecule has 0 fully saturated rings. The summed E-state index contributed by atoms with van der Waals surface area (Å²) in [5, 5.41) is 0. The molecule has 3 heteroatoms. The van der Waals surface area contributed by atoms with Crippen molar-refractivity contribution in [2.75, 3.05) is 0 Å². The molecular weight excluding hydrogens is 396 g/mol. The van der Waals surface area contributed by atoms with Crippen LogP contribution in [0.3, 0.4) is 0 Å². The fourth-order valence-electron chi connectivity index (χ4n) is 3.73. The third kappa shape index (κ3) is 5.68. The third-order valence-corrected chi connectivity index (χ3v) is 5.72. The summed E-state index contributed by atoms with van der Waals surface area (Å²) in [6.45, 7) is 3.32. The van der Waals surface area contributed by atoms with Crippen LogP contribution < -0.4 is 0 Å². The van der Waals surface area contributed by atoms with E-state index < -0.39 is 0 Å². The number of fused-ring (bicyclic) bond motifs is 1. The number of halogens is 1. The lowest BCUT2D eigenvalue weighted by molar-refractivity contribution is 0.544. The van der Waals surface area contributed by atoms with Crippen molar-refractivity contribution < 1.29 is 0 Å². The first-order valence-electron chi connectivity index (χ1n) is 10.5. The Morgan fingerprint density at radius 3 is 2.26 bits per heavy atom. The van der Waals surface area contributed by atoms with Crippen molar-refractivity contribution in [1.82, 2.24) is 9.55 Å². The number of hydrogen-bond donors (Lipinski definition) is 0. The lowest BCUT2D eigenvalue weighted by Crippen LogP contribution is -2.01. The molecule has 0 aliphatic heterocycles. The molecule has 0 bridgehead atoms. The van der Waals surface area contributed by atoms with Crippen LogP contribution in [0.4, 0.5) is 0 Å². The summed E-state index contributed by atoms with van der Waals surface area (Å²) >= 11 is 3.59. The van der Waals surface area contributed by atoms with Gasteiger partial charge in [-0.25, -0.2) is 4.98 Å². The highest BCUT2D eigenvalue weighted by Gasteiger charge is 2.12. The van der Waals surface area contributed by atoms with Crippen LogP contribution >= 0.6 is 15.9 Å². The SMILES string of the molecule is CCCCCCCCCCCn1c(-c2cccc(Br)c2)nc2ccccc21. The summed E-state index contributed by atoms with van der Waals surface area (Å²) in [5.74, 6) is 1.08. The van der Waals surface area contributed by atoms with Crippen molar-refractivity contribution >= 4 is 27.0 Å². The predicted molar refractivity (Wildman–Crippen MR) is 120 cm³/mol. The number of nitrogens with zero attached hydrogens (tertiary/aromatic N) is 2. The van der Waals surface area contributed by atoms with Gasteiger partial charge in [-0.3, -0.25) is 0 Å². The summed E-state index contributed by atoms with van der Waals surface area (Å²) in [6, 6.07) is 17.0. The average molecular weight is 427 g/mol. The number of aromatic nitrogens is 2. The van der Waals surface area contributed by atoms with E-state index in [2.05, 4.69) is 76.0 Å². The van der Waals surface area contributed by atoms with Gasteiger partial charge in [0.25, 0.3) is 0 Å². The lowest BCUT2D eigenvalue weighted by Gasteiger charge is -2.10. The van der Waals surface area contributed by atoms with Crippen LogP contribution in [0.15, 0.2) is 53.0 Å². The average Bonchev–Trinajstić information content (AvgIpc) is 3.05. The Bertz CT molecular complexity index is 837. The molecule has 2 nitrogen and oxygen atoms in total. The molecule has 27 heavy (non-hydrogen) atoms. The number of benzene rings is 2. The van der Waals surface area contributed by atoms with Crippen LogP contribution in [0, 0.1) is 0 Å². The molecular formula is C24H31BrN2. The molecule has 1 aromatic heterocycles. The first kappa shape index (κ1) is 20.1. The van der Waals surface area contributed by atoms with Crippen molar-refractivity contribution in [1.29, 1.82) is 0 Å². The van der Waals surface area contributed by atoms with Crippen molar-refractivity contribution in [2.24, 2.45) is 0 Å². The predicted octanol–water partition coefficient (Wildman–Crippen LogP) is 8.00. The van der Waals surface area contributed by atoms with Gasteiger partial charge in [0.1, 0.15) is 5.82 Å². The maximum atomic E-state index is 4.92. The standard InChI is InChI=1S/C24H31BrN2/c1-2-3-4-5-6-7-8-9-12-18-27-23-17-11-10-16-22(23)26-24(27)20-14-13-15-21(25)19-20/h10-11,13-17,19H,2-9,12,18H2,1H3. The van der Waals surface area contributed by atoms with Crippen molar-refractivity contribution in [2.45, 2.75) is 71.3 Å². The van der Waals surface area contributed by atoms with Gasteiger partial charge in [-0.2, -0.15) is 0 Å². The Balaban J connectivity index is 1.61. The molecule has 0 saturated heterocycles. The fourth-order valence-corrected chi connectivity index (χ4v) is 4.13. The molecule has 0 spiro atoms. The quantitative estimate of drug-likeness (QED) is 0.284. The van der Waals surface area contributed by atoms with Gasteiger partial charge < -0.3 is 4.57 Å². The zero-order valence-electron chi connectivity index (χ0n) is 16.5. The maximum Gasteiger partial charge on any atom is 0.141 e. The van der Waals surface area contributed by atoms with Crippen molar-refractivity contribution in [3.63, 3.8) is 0 Å². The van der Waals surface area contributed by atoms with E-state index in [0.29, 0.717) is 0 Å². The van der Waals surface area contributed by atoms with E-state index in [-0.39, 0.29) is 0 Å². The maximum absolute atomic E-state index is 4.92. The number of para-hydroxylation sites is 2. The van der Waals surface area contributed by atoms with Gasteiger partial charge in [0.15, 0.2) is 0 Å². The first-order valence-corrected chi connectivity index (χ1v) is 11.3. The Morgan fingerprint density at radius 1 is 0.815 bits per heavy atom. The van der Waals surface area contributed by atoms with Gasteiger partial charge in [-0.05, 0) is 30.7 Å². The Kier molecular flexibility index (Phi) is 7.94. The number of imidazole rings is 1. The van der Waals surface area contributed by atoms with Crippen LogP contribution in [0.1, 0.15) is 64.7 Å². The molecule has 0 radical (unpaired) electrons. The third-order valence-electron chi connectivity index (χ3n) is 5.22. The summed E-state index contributed by atoms with van der Waals surface area (Å²) in [6.07, 6.45) is 12.2. The van der Waals surface area contributed by atoms with Crippen LogP contribution in [0.25, 0.3) is 22.4 Å². The second kappa shape index (κ2) is 10.7. The van der Waals surface area contributed by atoms with Gasteiger partial charge in [0.05, 0.1) is 11.0 Å². The zero-order chi connectivity index (χ0) is 18.9. The number of hydrogen-bond acceptors (Lipinski definition) is 1. The number of aryl methyl sites for hydroxylation is 1. The number of unbranched alkanes of at least 4 members (excludes halogenated alkanes) is 8. The monoisotopic (exact) mass is 426 g/mol. The molecule has 0 amide bonds. The van der Waals surface area contributed by atoms with Crippen LogP contribution in [0.5, 0.6) is 0 Å². The number of rotatable bonds is 11. The zero-order valence-corrected chi connectivity index (χ0v) is 18.0. The molecule has 1 heterocycles. The van der Waals surface area contributed by atoms with Crippen molar-refractivity contribution in [3.05, 3.63) is 53.0 Å². The van der Waals surface area contributed by atoms with E-state index in [1.165, 1.54) is 68.9 Å². The van der Waals surface area contributed by atoms with E-state index in [1.807, 2.05) is 0 Å². The van der Waals surface area contributed by atoms with E-state index >= 15 is 0 Å². The molecule has 144 valence electrons. The first-order chi connectivity index (χ1) is 13.3. The van der Waals surface area contributed by atoms with E-state index in [0.717, 1.165) is 22.4 Å². The summed E-state index contributed by atoms with van der Waals surface area (Å²) in [4.78, 5) is 4.92. The summed E-state index contributed by atoms with van der Waals surface area (Å²) in [7, 11) is 0. The molecule has 0 saturated carbocycles. The highest BCUT2D eigenvalue weighted by Crippen LogP contribution is 2.27. The minimum Gasteiger partial charge on any atom is -0.324 e. The molecule has 3 rings (SSSR count). The van der Waals surface area contributed by atoms with Gasteiger partial charge in [-0.1, -0.05) is 98.5 Å². The highest BCUT2D eigenvalue weighted by molar-refractivity contribution is 9.10. The summed E-state index contributed by atoms with van der Waals surface area (Å²) in [5.41, 5.74) is 3.51. The lowest BCUT2D eigenvalue weighted by atomic mass is 10.1. The minimum atomic E-state index is 1.04. The topological polar surface area (TPSA) is 17.8 Å². The van der Waals surface area contributed by atoms with Crippen LogP contribution in [0.2, 0.25) is 0 Å². The fraction of sp³-hybridized carbons (Fsp3) is 0.458.